The highest BCUT2D eigenvalue weighted by Crippen LogP contribution is 2.38. The predicted molar refractivity (Wildman–Crippen MR) is 119 cm³/mol. The first kappa shape index (κ1) is 21.6. The Morgan fingerprint density at radius 3 is 2.84 bits per heavy atom. The predicted octanol–water partition coefficient (Wildman–Crippen LogP) is 3.56. The number of carbonyl (C=O) groups is 2. The van der Waals surface area contributed by atoms with E-state index in [1.807, 2.05) is 25.1 Å². The van der Waals surface area contributed by atoms with E-state index in [0.29, 0.717) is 41.8 Å². The van der Waals surface area contributed by atoms with E-state index in [4.69, 9.17) is 14.2 Å². The molecule has 2 amide bonds. The minimum atomic E-state index is -0.767. The SMILES string of the molecule is CCOCCCNC(=O)c1c(NC(=O)C2COc3ccccc3O2)sc2c1CCCC2. The number of aryl methyl sites for hydroxylation is 1. The zero-order chi connectivity index (χ0) is 21.6. The molecule has 0 saturated carbocycles. The molecule has 2 N–H and O–H groups in total. The molecule has 2 aliphatic rings. The Morgan fingerprint density at radius 1 is 1.19 bits per heavy atom. The number of para-hydroxylation sites is 2. The highest BCUT2D eigenvalue weighted by atomic mass is 32.1. The molecule has 8 heteroatoms. The van der Waals surface area contributed by atoms with Gasteiger partial charge in [0.2, 0.25) is 6.10 Å². The van der Waals surface area contributed by atoms with Gasteiger partial charge in [-0.3, -0.25) is 9.59 Å². The third kappa shape index (κ3) is 5.02. The van der Waals surface area contributed by atoms with Gasteiger partial charge in [-0.2, -0.15) is 0 Å². The minimum absolute atomic E-state index is 0.132. The minimum Gasteiger partial charge on any atom is -0.485 e. The molecule has 1 aliphatic heterocycles. The van der Waals surface area contributed by atoms with Crippen molar-refractivity contribution in [2.75, 3.05) is 31.7 Å². The lowest BCUT2D eigenvalue weighted by atomic mass is 9.95. The van der Waals surface area contributed by atoms with E-state index in [9.17, 15) is 9.59 Å². The van der Waals surface area contributed by atoms with Gasteiger partial charge in [-0.15, -0.1) is 11.3 Å². The average molecular weight is 445 g/mol. The van der Waals surface area contributed by atoms with Crippen LogP contribution in [0.25, 0.3) is 0 Å². The maximum absolute atomic E-state index is 13.0. The molecule has 166 valence electrons. The molecule has 0 fully saturated rings. The molecule has 0 bridgehead atoms. The van der Waals surface area contributed by atoms with Crippen molar-refractivity contribution >= 4 is 28.2 Å². The largest absolute Gasteiger partial charge is 0.485 e. The number of nitrogens with one attached hydrogen (secondary N) is 2. The van der Waals surface area contributed by atoms with Crippen LogP contribution in [0.2, 0.25) is 0 Å². The van der Waals surface area contributed by atoms with Crippen LogP contribution in [0.1, 0.15) is 47.0 Å². The molecule has 0 radical (unpaired) electrons. The Kier molecular flexibility index (Phi) is 7.09. The molecular weight excluding hydrogens is 416 g/mol. The first-order valence-corrected chi connectivity index (χ1v) is 11.7. The van der Waals surface area contributed by atoms with Crippen LogP contribution in [-0.4, -0.2) is 44.3 Å². The number of amides is 2. The molecule has 1 aliphatic carbocycles. The highest BCUT2D eigenvalue weighted by Gasteiger charge is 2.31. The monoisotopic (exact) mass is 444 g/mol. The van der Waals surface area contributed by atoms with Gasteiger partial charge >= 0.3 is 0 Å². The second kappa shape index (κ2) is 10.2. The number of fused-ring (bicyclic) bond motifs is 2. The molecule has 7 nitrogen and oxygen atoms in total. The molecule has 4 rings (SSSR count). The number of benzene rings is 1. The highest BCUT2D eigenvalue weighted by molar-refractivity contribution is 7.17. The number of carbonyl (C=O) groups excluding carboxylic acids is 2. The standard InChI is InChI=1S/C23H28N2O5S/c1-2-28-13-7-12-24-22(27)20-15-8-3-6-11-19(15)31-23(20)25-21(26)18-14-29-16-9-4-5-10-17(16)30-18/h4-5,9-10,18H,2-3,6-8,11-14H2,1H3,(H,24,27)(H,25,26). The zero-order valence-corrected chi connectivity index (χ0v) is 18.5. The summed E-state index contributed by atoms with van der Waals surface area (Å²) < 4.78 is 16.8. The quantitative estimate of drug-likeness (QED) is 0.608. The summed E-state index contributed by atoms with van der Waals surface area (Å²) >= 11 is 1.50. The van der Waals surface area contributed by atoms with Crippen LogP contribution in [0.4, 0.5) is 5.00 Å². The lowest BCUT2D eigenvalue weighted by Crippen LogP contribution is -2.40. The molecule has 1 aromatic carbocycles. The van der Waals surface area contributed by atoms with Crippen LogP contribution in [0.3, 0.4) is 0 Å². The summed E-state index contributed by atoms with van der Waals surface area (Å²) in [5.41, 5.74) is 1.67. The molecule has 31 heavy (non-hydrogen) atoms. The summed E-state index contributed by atoms with van der Waals surface area (Å²) in [5, 5.41) is 6.53. The Hall–Kier alpha value is -2.58. The van der Waals surface area contributed by atoms with Gasteiger partial charge in [0.15, 0.2) is 11.5 Å². The van der Waals surface area contributed by atoms with Crippen LogP contribution in [0.15, 0.2) is 24.3 Å². The molecule has 2 aromatic rings. The Bertz CT molecular complexity index is 942. The number of hydrogen-bond acceptors (Lipinski definition) is 6. The smallest absolute Gasteiger partial charge is 0.269 e. The van der Waals surface area contributed by atoms with Gasteiger partial charge in [0, 0.05) is 24.6 Å². The fraction of sp³-hybridized carbons (Fsp3) is 0.478. The van der Waals surface area contributed by atoms with E-state index in [-0.39, 0.29) is 18.4 Å². The summed E-state index contributed by atoms with van der Waals surface area (Å²) in [7, 11) is 0. The van der Waals surface area contributed by atoms with Crippen molar-refractivity contribution in [3.8, 4) is 11.5 Å². The van der Waals surface area contributed by atoms with Crippen LogP contribution in [0, 0.1) is 0 Å². The maximum atomic E-state index is 13.0. The Balaban J connectivity index is 1.47. The topological polar surface area (TPSA) is 85.9 Å². The van der Waals surface area contributed by atoms with Crippen LogP contribution >= 0.6 is 11.3 Å². The van der Waals surface area contributed by atoms with Gasteiger partial charge < -0.3 is 24.8 Å². The van der Waals surface area contributed by atoms with Gasteiger partial charge in [-0.25, -0.2) is 0 Å². The van der Waals surface area contributed by atoms with Crippen molar-refractivity contribution in [3.63, 3.8) is 0 Å². The number of ether oxygens (including phenoxy) is 3. The van der Waals surface area contributed by atoms with Crippen molar-refractivity contribution in [1.82, 2.24) is 5.32 Å². The lowest BCUT2D eigenvalue weighted by molar-refractivity contribution is -0.125. The lowest BCUT2D eigenvalue weighted by Gasteiger charge is -2.25. The van der Waals surface area contributed by atoms with Crippen molar-refractivity contribution in [1.29, 1.82) is 0 Å². The van der Waals surface area contributed by atoms with Gasteiger partial charge in [-0.1, -0.05) is 12.1 Å². The van der Waals surface area contributed by atoms with Crippen LogP contribution in [-0.2, 0) is 22.4 Å². The first-order valence-electron chi connectivity index (χ1n) is 10.9. The fourth-order valence-corrected chi connectivity index (χ4v) is 5.13. The summed E-state index contributed by atoms with van der Waals surface area (Å²) in [6, 6.07) is 7.28. The molecular formula is C23H28N2O5S. The van der Waals surface area contributed by atoms with Crippen molar-refractivity contribution in [3.05, 3.63) is 40.3 Å². The summed E-state index contributed by atoms with van der Waals surface area (Å²) in [5.74, 6) is 0.729. The number of anilines is 1. The van der Waals surface area contributed by atoms with Crippen LogP contribution < -0.4 is 20.1 Å². The average Bonchev–Trinajstić information content (AvgIpc) is 3.16. The molecule has 1 atom stereocenters. The Morgan fingerprint density at radius 2 is 2.00 bits per heavy atom. The molecule has 0 saturated heterocycles. The van der Waals surface area contributed by atoms with Crippen LogP contribution in [0.5, 0.6) is 11.5 Å². The van der Waals surface area contributed by atoms with Gasteiger partial charge in [-0.05, 0) is 56.7 Å². The van der Waals surface area contributed by atoms with Crippen molar-refractivity contribution in [2.45, 2.75) is 45.1 Å². The molecule has 1 aromatic heterocycles. The molecule has 2 heterocycles. The number of rotatable bonds is 8. The third-order valence-electron chi connectivity index (χ3n) is 5.39. The summed E-state index contributed by atoms with van der Waals surface area (Å²) in [6.07, 6.45) is 3.94. The summed E-state index contributed by atoms with van der Waals surface area (Å²) in [4.78, 5) is 27.1. The summed E-state index contributed by atoms with van der Waals surface area (Å²) in [6.45, 7) is 3.90. The van der Waals surface area contributed by atoms with Gasteiger partial charge in [0.05, 0.1) is 5.56 Å². The van der Waals surface area contributed by atoms with E-state index in [1.54, 1.807) is 6.07 Å². The zero-order valence-electron chi connectivity index (χ0n) is 17.7. The second-order valence-corrected chi connectivity index (χ2v) is 8.68. The van der Waals surface area contributed by atoms with Crippen molar-refractivity contribution < 1.29 is 23.8 Å². The second-order valence-electron chi connectivity index (χ2n) is 7.57. The van der Waals surface area contributed by atoms with Gasteiger partial charge in [0.25, 0.3) is 11.8 Å². The Labute approximate surface area is 186 Å². The van der Waals surface area contributed by atoms with E-state index in [0.717, 1.165) is 37.7 Å². The normalized spacial score (nSPS) is 17.0. The van der Waals surface area contributed by atoms with E-state index in [2.05, 4.69) is 10.6 Å². The van der Waals surface area contributed by atoms with E-state index < -0.39 is 6.10 Å². The maximum Gasteiger partial charge on any atom is 0.269 e. The van der Waals surface area contributed by atoms with Crippen molar-refractivity contribution in [2.24, 2.45) is 0 Å². The number of hydrogen-bond donors (Lipinski definition) is 2. The molecule has 1 unspecified atom stereocenters. The van der Waals surface area contributed by atoms with E-state index >= 15 is 0 Å². The molecule has 0 spiro atoms. The van der Waals surface area contributed by atoms with E-state index in [1.165, 1.54) is 16.2 Å². The van der Waals surface area contributed by atoms with Gasteiger partial charge in [0.1, 0.15) is 11.6 Å². The first-order chi connectivity index (χ1) is 15.2. The fourth-order valence-electron chi connectivity index (χ4n) is 3.84. The third-order valence-corrected chi connectivity index (χ3v) is 6.60. The number of thiophene rings is 1.